The van der Waals surface area contributed by atoms with Crippen molar-refractivity contribution in [2.24, 2.45) is 34.5 Å². The maximum absolute atomic E-state index is 12.9. The quantitative estimate of drug-likeness (QED) is 0.627. The fraction of sp³-hybridized carbons (Fsp3) is 0.783. The van der Waals surface area contributed by atoms with Gasteiger partial charge in [-0.15, -0.1) is 0 Å². The molecule has 0 spiro atoms. The molecule has 6 nitrogen and oxygen atoms in total. The summed E-state index contributed by atoms with van der Waals surface area (Å²) in [6.07, 6.45) is 8.99. The molecule has 0 bridgehead atoms. The van der Waals surface area contributed by atoms with E-state index in [1.807, 2.05) is 6.08 Å². The lowest BCUT2D eigenvalue weighted by molar-refractivity contribution is -0.132. The molecule has 3 fully saturated rings. The van der Waals surface area contributed by atoms with E-state index >= 15 is 0 Å². The second kappa shape index (κ2) is 7.44. The van der Waals surface area contributed by atoms with E-state index < -0.39 is 6.09 Å². The van der Waals surface area contributed by atoms with E-state index in [0.717, 1.165) is 44.9 Å². The Balaban J connectivity index is 1.46. The highest BCUT2D eigenvalue weighted by Gasteiger charge is 2.60. The first kappa shape index (κ1) is 20.4. The van der Waals surface area contributed by atoms with Crippen molar-refractivity contribution in [3.05, 3.63) is 11.6 Å². The average molecular weight is 403 g/mol. The van der Waals surface area contributed by atoms with Gasteiger partial charge < -0.3 is 15.7 Å². The van der Waals surface area contributed by atoms with Crippen LogP contribution in [-0.2, 0) is 9.59 Å². The van der Waals surface area contributed by atoms with E-state index in [1.54, 1.807) is 0 Å². The van der Waals surface area contributed by atoms with E-state index in [2.05, 4.69) is 24.5 Å². The highest BCUT2D eigenvalue weighted by atomic mass is 16.4. The molecule has 0 radical (unpaired) electrons. The summed E-state index contributed by atoms with van der Waals surface area (Å²) in [5, 5.41) is 13.9. The van der Waals surface area contributed by atoms with E-state index in [9.17, 15) is 14.4 Å². The summed E-state index contributed by atoms with van der Waals surface area (Å²) < 4.78 is 0. The molecule has 6 heteroatoms. The van der Waals surface area contributed by atoms with Gasteiger partial charge in [0.15, 0.2) is 5.78 Å². The van der Waals surface area contributed by atoms with Gasteiger partial charge in [-0.3, -0.25) is 9.59 Å². The standard InChI is InChI=1S/C23H34N2O4/c1-22-9-7-15(26)13-14(22)3-4-16-17-5-6-19(23(17,2)10-8-18(16)22)20(27)24-11-12-25-21(28)29/h13,16-19,25H,3-12H2,1-2H3,(H,24,27)(H,28,29)/t16?,17?,18?,19-,22-,23-/m0/s1. The molecule has 29 heavy (non-hydrogen) atoms. The van der Waals surface area contributed by atoms with E-state index in [0.29, 0.717) is 36.5 Å². The second-order valence-electron chi connectivity index (χ2n) is 10.2. The highest BCUT2D eigenvalue weighted by Crippen LogP contribution is 2.66. The predicted molar refractivity (Wildman–Crippen MR) is 109 cm³/mol. The third kappa shape index (κ3) is 3.38. The van der Waals surface area contributed by atoms with Gasteiger partial charge in [0.2, 0.25) is 5.91 Å². The van der Waals surface area contributed by atoms with Crippen molar-refractivity contribution in [1.82, 2.24) is 10.6 Å². The largest absolute Gasteiger partial charge is 0.465 e. The van der Waals surface area contributed by atoms with Gasteiger partial charge in [0, 0.05) is 25.4 Å². The fourth-order valence-corrected chi connectivity index (χ4v) is 7.47. The highest BCUT2D eigenvalue weighted by molar-refractivity contribution is 5.91. The zero-order valence-electron chi connectivity index (χ0n) is 17.6. The lowest BCUT2D eigenvalue weighted by Gasteiger charge is -2.58. The number of hydrogen-bond acceptors (Lipinski definition) is 3. The maximum atomic E-state index is 12.9. The van der Waals surface area contributed by atoms with Crippen LogP contribution in [0.4, 0.5) is 4.79 Å². The van der Waals surface area contributed by atoms with Crippen LogP contribution in [0.5, 0.6) is 0 Å². The summed E-state index contributed by atoms with van der Waals surface area (Å²) in [4.78, 5) is 35.4. The number of allylic oxidation sites excluding steroid dienone is 1. The Morgan fingerprint density at radius 3 is 2.55 bits per heavy atom. The van der Waals surface area contributed by atoms with Crippen molar-refractivity contribution in [1.29, 1.82) is 0 Å². The minimum atomic E-state index is -1.06. The van der Waals surface area contributed by atoms with Crippen LogP contribution in [0.15, 0.2) is 11.6 Å². The molecule has 4 aliphatic carbocycles. The third-order valence-electron chi connectivity index (χ3n) is 8.98. The minimum absolute atomic E-state index is 0.0240. The Morgan fingerprint density at radius 1 is 1.03 bits per heavy atom. The summed E-state index contributed by atoms with van der Waals surface area (Å²) in [7, 11) is 0. The Labute approximate surface area is 172 Å². The predicted octanol–water partition coefficient (Wildman–Crippen LogP) is 3.52. The average Bonchev–Trinajstić information content (AvgIpc) is 3.03. The first-order valence-corrected chi connectivity index (χ1v) is 11.2. The number of hydrogen-bond donors (Lipinski definition) is 3. The molecular weight excluding hydrogens is 368 g/mol. The number of carbonyl (C=O) groups is 3. The Hall–Kier alpha value is -1.85. The zero-order chi connectivity index (χ0) is 20.8. The molecule has 0 saturated heterocycles. The number of rotatable bonds is 4. The maximum Gasteiger partial charge on any atom is 0.404 e. The van der Waals surface area contributed by atoms with Crippen molar-refractivity contribution in [2.45, 2.75) is 65.2 Å². The zero-order valence-corrected chi connectivity index (χ0v) is 17.6. The van der Waals surface area contributed by atoms with Crippen LogP contribution in [-0.4, -0.2) is 36.0 Å². The third-order valence-corrected chi connectivity index (χ3v) is 8.98. The first-order valence-electron chi connectivity index (χ1n) is 11.2. The van der Waals surface area contributed by atoms with Gasteiger partial charge in [-0.2, -0.15) is 0 Å². The molecule has 3 unspecified atom stereocenters. The molecule has 0 aromatic heterocycles. The number of amides is 2. The summed E-state index contributed by atoms with van der Waals surface area (Å²) in [6, 6.07) is 0. The fourth-order valence-electron chi connectivity index (χ4n) is 7.47. The van der Waals surface area contributed by atoms with Crippen molar-refractivity contribution in [3.8, 4) is 0 Å². The van der Waals surface area contributed by atoms with Crippen LogP contribution in [0.2, 0.25) is 0 Å². The number of fused-ring (bicyclic) bond motifs is 5. The van der Waals surface area contributed by atoms with Gasteiger partial charge in [-0.1, -0.05) is 19.4 Å². The lowest BCUT2D eigenvalue weighted by Crippen LogP contribution is -2.52. The van der Waals surface area contributed by atoms with Gasteiger partial charge in [-0.05, 0) is 79.6 Å². The topological polar surface area (TPSA) is 95.5 Å². The molecule has 3 N–H and O–H groups in total. The summed E-state index contributed by atoms with van der Waals surface area (Å²) in [6.45, 7) is 5.29. The van der Waals surface area contributed by atoms with Crippen molar-refractivity contribution in [2.75, 3.05) is 13.1 Å². The van der Waals surface area contributed by atoms with Gasteiger partial charge in [0.05, 0.1) is 0 Å². The molecule has 0 aliphatic heterocycles. The number of ketones is 1. The Bertz CT molecular complexity index is 747. The lowest BCUT2D eigenvalue weighted by atomic mass is 9.47. The first-order chi connectivity index (χ1) is 13.8. The summed E-state index contributed by atoms with van der Waals surface area (Å²) in [5.74, 6) is 2.27. The van der Waals surface area contributed by atoms with Gasteiger partial charge in [-0.25, -0.2) is 4.79 Å². The van der Waals surface area contributed by atoms with E-state index in [1.165, 1.54) is 5.57 Å². The van der Waals surface area contributed by atoms with Crippen LogP contribution in [0.3, 0.4) is 0 Å². The molecule has 4 aliphatic rings. The van der Waals surface area contributed by atoms with E-state index in [4.69, 9.17) is 5.11 Å². The van der Waals surface area contributed by atoms with Crippen LogP contribution >= 0.6 is 0 Å². The molecule has 3 saturated carbocycles. The molecule has 0 aromatic carbocycles. The van der Waals surface area contributed by atoms with Crippen molar-refractivity contribution in [3.63, 3.8) is 0 Å². The van der Waals surface area contributed by atoms with Gasteiger partial charge in [0.1, 0.15) is 0 Å². The molecule has 0 aromatic rings. The van der Waals surface area contributed by atoms with Crippen LogP contribution < -0.4 is 10.6 Å². The molecular formula is C23H34N2O4. The van der Waals surface area contributed by atoms with Gasteiger partial charge in [0.25, 0.3) is 0 Å². The SMILES string of the molecule is C[C@]12CCC(=O)C=C1CCC1C2CC[C@@]2(C)C1CC[C@H]2C(=O)NCCNC(=O)O. The molecule has 4 rings (SSSR count). The van der Waals surface area contributed by atoms with E-state index in [-0.39, 0.29) is 29.2 Å². The monoisotopic (exact) mass is 402 g/mol. The minimum Gasteiger partial charge on any atom is -0.465 e. The summed E-state index contributed by atoms with van der Waals surface area (Å²) >= 11 is 0. The Morgan fingerprint density at radius 2 is 1.79 bits per heavy atom. The van der Waals surface area contributed by atoms with Gasteiger partial charge >= 0.3 is 6.09 Å². The molecule has 0 heterocycles. The summed E-state index contributed by atoms with van der Waals surface area (Å²) in [5.41, 5.74) is 1.59. The van der Waals surface area contributed by atoms with Crippen LogP contribution in [0.25, 0.3) is 0 Å². The molecule has 6 atom stereocenters. The number of nitrogens with one attached hydrogen (secondary N) is 2. The van der Waals surface area contributed by atoms with Crippen molar-refractivity contribution >= 4 is 17.8 Å². The smallest absolute Gasteiger partial charge is 0.404 e. The second-order valence-corrected chi connectivity index (χ2v) is 10.2. The van der Waals surface area contributed by atoms with Crippen LogP contribution in [0.1, 0.15) is 65.2 Å². The van der Waals surface area contributed by atoms with Crippen LogP contribution in [0, 0.1) is 34.5 Å². The van der Waals surface area contributed by atoms with Crippen molar-refractivity contribution < 1.29 is 19.5 Å². The molecule has 160 valence electrons. The number of carboxylic acid groups (broad SMARTS) is 1. The number of carbonyl (C=O) groups excluding carboxylic acids is 2. The molecule has 2 amide bonds. The normalized spacial score (nSPS) is 40.9. The Kier molecular flexibility index (Phi) is 5.24.